The predicted octanol–water partition coefficient (Wildman–Crippen LogP) is 3.45. The molecule has 0 aromatic carbocycles. The number of hydrogen-bond donors (Lipinski definition) is 2. The van der Waals surface area contributed by atoms with Gasteiger partial charge in [0.25, 0.3) is 0 Å². The van der Waals surface area contributed by atoms with Crippen LogP contribution < -0.4 is 15.8 Å². The number of hydrogen-bond acceptors (Lipinski definition) is 5. The summed E-state index contributed by atoms with van der Waals surface area (Å²) in [4.78, 5) is 4.38. The smallest absolute Gasteiger partial charge is 0.239 e. The molecule has 0 bridgehead atoms. The van der Waals surface area contributed by atoms with Gasteiger partial charge in [-0.2, -0.15) is 4.98 Å². The second-order valence-electron chi connectivity index (χ2n) is 4.76. The molecule has 0 spiro atoms. The first-order valence-electron chi connectivity index (χ1n) is 6.74. The summed E-state index contributed by atoms with van der Waals surface area (Å²) < 4.78 is 10.9. The monoisotopic (exact) mass is 275 g/mol. The van der Waals surface area contributed by atoms with Gasteiger partial charge < -0.3 is 20.2 Å². The maximum Gasteiger partial charge on any atom is 0.239 e. The number of furan rings is 1. The first-order valence-corrected chi connectivity index (χ1v) is 6.74. The van der Waals surface area contributed by atoms with E-state index in [1.165, 1.54) is 0 Å². The normalized spacial score (nSPS) is 12.2. The number of aromatic nitrogens is 1. The van der Waals surface area contributed by atoms with Crippen LogP contribution in [0, 0.1) is 13.8 Å². The number of aryl methyl sites for hydroxylation is 2. The average molecular weight is 275 g/mol. The summed E-state index contributed by atoms with van der Waals surface area (Å²) in [5.41, 5.74) is 7.48. The Bertz CT molecular complexity index is 593. The van der Waals surface area contributed by atoms with Gasteiger partial charge >= 0.3 is 0 Å². The van der Waals surface area contributed by atoms with E-state index >= 15 is 0 Å². The lowest BCUT2D eigenvalue weighted by Crippen LogP contribution is -2.09. The number of nitrogens with two attached hydrogens (primary N) is 1. The minimum absolute atomic E-state index is 0.0954. The Balaban J connectivity index is 2.17. The standard InChI is InChI=1S/C15H21N3O2/c1-5-19-15-13(16)6-7-14(18-15)17-10(3)12-8-9(2)20-11(12)4/h6-8,10H,5,16H2,1-4H3,(H,17,18). The Morgan fingerprint density at radius 1 is 1.40 bits per heavy atom. The lowest BCUT2D eigenvalue weighted by molar-refractivity contribution is 0.329. The Morgan fingerprint density at radius 2 is 2.15 bits per heavy atom. The molecule has 2 aromatic rings. The third-order valence-electron chi connectivity index (χ3n) is 3.08. The van der Waals surface area contributed by atoms with Crippen molar-refractivity contribution in [1.29, 1.82) is 0 Å². The van der Waals surface area contributed by atoms with Crippen molar-refractivity contribution in [3.8, 4) is 5.88 Å². The number of nitrogens with one attached hydrogen (secondary N) is 1. The van der Waals surface area contributed by atoms with Crippen LogP contribution in [0.25, 0.3) is 0 Å². The predicted molar refractivity (Wildman–Crippen MR) is 80.0 cm³/mol. The van der Waals surface area contributed by atoms with Gasteiger partial charge in [0.2, 0.25) is 5.88 Å². The van der Waals surface area contributed by atoms with Gasteiger partial charge in [-0.05, 0) is 45.9 Å². The molecule has 1 atom stereocenters. The molecule has 2 heterocycles. The SMILES string of the molecule is CCOc1nc(NC(C)c2cc(C)oc2C)ccc1N. The van der Waals surface area contributed by atoms with E-state index in [0.717, 1.165) is 22.9 Å². The molecule has 0 aliphatic heterocycles. The van der Waals surface area contributed by atoms with Crippen molar-refractivity contribution < 1.29 is 9.15 Å². The van der Waals surface area contributed by atoms with E-state index in [4.69, 9.17) is 14.9 Å². The highest BCUT2D eigenvalue weighted by atomic mass is 16.5. The lowest BCUT2D eigenvalue weighted by atomic mass is 10.1. The molecule has 0 saturated carbocycles. The van der Waals surface area contributed by atoms with E-state index < -0.39 is 0 Å². The van der Waals surface area contributed by atoms with Crippen molar-refractivity contribution in [3.63, 3.8) is 0 Å². The Kier molecular flexibility index (Phi) is 4.17. The topological polar surface area (TPSA) is 73.3 Å². The fraction of sp³-hybridized carbons (Fsp3) is 0.400. The summed E-state index contributed by atoms with van der Waals surface area (Å²) in [6, 6.07) is 5.77. The van der Waals surface area contributed by atoms with Gasteiger partial charge in [-0.1, -0.05) is 0 Å². The quantitative estimate of drug-likeness (QED) is 0.874. The van der Waals surface area contributed by atoms with Gasteiger partial charge in [0.15, 0.2) is 0 Å². The zero-order chi connectivity index (χ0) is 14.7. The highest BCUT2D eigenvalue weighted by molar-refractivity contribution is 5.54. The molecule has 2 rings (SSSR count). The molecular formula is C15H21N3O2. The largest absolute Gasteiger partial charge is 0.476 e. The van der Waals surface area contributed by atoms with Crippen LogP contribution in [0.2, 0.25) is 0 Å². The number of anilines is 2. The maximum absolute atomic E-state index is 5.81. The maximum atomic E-state index is 5.81. The molecule has 5 heteroatoms. The highest BCUT2D eigenvalue weighted by Gasteiger charge is 2.13. The molecule has 0 aliphatic carbocycles. The van der Waals surface area contributed by atoms with Crippen LogP contribution in [-0.4, -0.2) is 11.6 Å². The van der Waals surface area contributed by atoms with E-state index in [2.05, 4.69) is 17.2 Å². The van der Waals surface area contributed by atoms with Crippen LogP contribution in [0.4, 0.5) is 11.5 Å². The van der Waals surface area contributed by atoms with Crippen LogP contribution in [0.3, 0.4) is 0 Å². The number of pyridine rings is 1. The Hall–Kier alpha value is -2.17. The van der Waals surface area contributed by atoms with Gasteiger partial charge in [-0.3, -0.25) is 0 Å². The van der Waals surface area contributed by atoms with Crippen molar-refractivity contribution in [2.75, 3.05) is 17.7 Å². The summed E-state index contributed by atoms with van der Waals surface area (Å²) in [6.45, 7) is 8.41. The van der Waals surface area contributed by atoms with Crippen molar-refractivity contribution in [3.05, 3.63) is 35.3 Å². The second-order valence-corrected chi connectivity index (χ2v) is 4.76. The molecule has 0 saturated heterocycles. The molecule has 0 amide bonds. The Morgan fingerprint density at radius 3 is 2.75 bits per heavy atom. The van der Waals surface area contributed by atoms with Gasteiger partial charge in [-0.15, -0.1) is 0 Å². The lowest BCUT2D eigenvalue weighted by Gasteiger charge is -2.15. The molecule has 5 nitrogen and oxygen atoms in total. The summed E-state index contributed by atoms with van der Waals surface area (Å²) in [6.07, 6.45) is 0. The van der Waals surface area contributed by atoms with E-state index in [-0.39, 0.29) is 6.04 Å². The highest BCUT2D eigenvalue weighted by Crippen LogP contribution is 2.26. The van der Waals surface area contributed by atoms with Crippen LogP contribution in [0.1, 0.15) is 37.0 Å². The Labute approximate surface area is 119 Å². The third-order valence-corrected chi connectivity index (χ3v) is 3.08. The van der Waals surface area contributed by atoms with Gasteiger partial charge in [0, 0.05) is 5.56 Å². The van der Waals surface area contributed by atoms with Crippen molar-refractivity contribution >= 4 is 11.5 Å². The van der Waals surface area contributed by atoms with E-state index in [1.807, 2.05) is 32.9 Å². The van der Waals surface area contributed by atoms with E-state index in [0.29, 0.717) is 18.2 Å². The van der Waals surface area contributed by atoms with Crippen molar-refractivity contribution in [2.24, 2.45) is 0 Å². The minimum atomic E-state index is 0.0954. The molecule has 1 unspecified atom stereocenters. The first-order chi connectivity index (χ1) is 9.51. The first kappa shape index (κ1) is 14.2. The summed E-state index contributed by atoms with van der Waals surface area (Å²) in [5, 5.41) is 3.33. The number of rotatable bonds is 5. The van der Waals surface area contributed by atoms with E-state index in [1.54, 1.807) is 6.07 Å². The van der Waals surface area contributed by atoms with E-state index in [9.17, 15) is 0 Å². The zero-order valence-electron chi connectivity index (χ0n) is 12.4. The summed E-state index contributed by atoms with van der Waals surface area (Å²) in [5.74, 6) is 3.02. The fourth-order valence-corrected chi connectivity index (χ4v) is 2.16. The molecule has 0 radical (unpaired) electrons. The summed E-state index contributed by atoms with van der Waals surface area (Å²) >= 11 is 0. The van der Waals surface area contributed by atoms with Crippen LogP contribution in [0.5, 0.6) is 5.88 Å². The molecule has 2 aromatic heterocycles. The number of ether oxygens (including phenoxy) is 1. The molecule has 20 heavy (non-hydrogen) atoms. The van der Waals surface area contributed by atoms with Gasteiger partial charge in [0.1, 0.15) is 17.3 Å². The second kappa shape index (κ2) is 5.86. The molecule has 108 valence electrons. The zero-order valence-corrected chi connectivity index (χ0v) is 12.4. The third kappa shape index (κ3) is 3.04. The number of nitrogens with zero attached hydrogens (tertiary/aromatic N) is 1. The number of nitrogen functional groups attached to an aromatic ring is 1. The average Bonchev–Trinajstić information content (AvgIpc) is 2.73. The van der Waals surface area contributed by atoms with Gasteiger partial charge in [0.05, 0.1) is 18.3 Å². The van der Waals surface area contributed by atoms with Crippen LogP contribution in [0.15, 0.2) is 22.6 Å². The van der Waals surface area contributed by atoms with Crippen molar-refractivity contribution in [1.82, 2.24) is 4.98 Å². The van der Waals surface area contributed by atoms with Crippen LogP contribution >= 0.6 is 0 Å². The summed E-state index contributed by atoms with van der Waals surface area (Å²) in [7, 11) is 0. The van der Waals surface area contributed by atoms with Gasteiger partial charge in [-0.25, -0.2) is 0 Å². The molecule has 0 fully saturated rings. The molecule has 0 aliphatic rings. The van der Waals surface area contributed by atoms with Crippen molar-refractivity contribution in [2.45, 2.75) is 33.7 Å². The fourth-order valence-electron chi connectivity index (χ4n) is 2.16. The molecular weight excluding hydrogens is 254 g/mol. The molecule has 3 N–H and O–H groups in total. The van der Waals surface area contributed by atoms with Crippen LogP contribution in [-0.2, 0) is 0 Å². The minimum Gasteiger partial charge on any atom is -0.476 e.